The fourth-order valence-electron chi connectivity index (χ4n) is 1.05. The highest BCUT2D eigenvalue weighted by molar-refractivity contribution is 6.36. The van der Waals surface area contributed by atoms with Gasteiger partial charge in [0.15, 0.2) is 0 Å². The number of anilines is 1. The number of nitro groups is 1. The monoisotopic (exact) mass is 192 g/mol. The molecule has 0 heterocycles. The molecule has 0 aliphatic carbocycles. The summed E-state index contributed by atoms with van der Waals surface area (Å²) in [6.07, 6.45) is 0. The quantitative estimate of drug-likeness (QED) is 0.401. The van der Waals surface area contributed by atoms with E-state index in [4.69, 9.17) is 0 Å². The first-order chi connectivity index (χ1) is 6.50. The molecule has 1 amide bonds. The summed E-state index contributed by atoms with van der Waals surface area (Å²) >= 11 is 0. The van der Waals surface area contributed by atoms with Crippen molar-refractivity contribution >= 4 is 30.6 Å². The summed E-state index contributed by atoms with van der Waals surface area (Å²) in [5.41, 5.74) is 1.25. The molecule has 0 saturated carbocycles. The van der Waals surface area contributed by atoms with Crippen molar-refractivity contribution in [2.24, 2.45) is 0 Å². The number of non-ortho nitro benzene ring substituents is 1. The van der Waals surface area contributed by atoms with Gasteiger partial charge in [0.05, 0.1) is 4.92 Å². The van der Waals surface area contributed by atoms with Crippen molar-refractivity contribution < 1.29 is 9.72 Å². The summed E-state index contributed by atoms with van der Waals surface area (Å²) < 4.78 is 0. The number of nitro benzene ring substituents is 1. The van der Waals surface area contributed by atoms with Gasteiger partial charge >= 0.3 is 0 Å². The van der Waals surface area contributed by atoms with Crippen LogP contribution >= 0.6 is 0 Å². The highest BCUT2D eigenvalue weighted by atomic mass is 16.6. The van der Waals surface area contributed by atoms with Gasteiger partial charge in [-0.05, 0) is 0 Å². The first kappa shape index (κ1) is 10.2. The summed E-state index contributed by atoms with van der Waals surface area (Å²) in [6, 6.07) is 4.35. The van der Waals surface area contributed by atoms with Crippen LogP contribution in [-0.4, -0.2) is 18.7 Å². The Bertz CT molecular complexity index is 392. The average Bonchev–Trinajstić information content (AvgIpc) is 2.07. The van der Waals surface area contributed by atoms with Crippen LogP contribution in [0.4, 0.5) is 11.4 Å². The first-order valence-corrected chi connectivity index (χ1v) is 4.03. The molecule has 0 bridgehead atoms. The van der Waals surface area contributed by atoms with Crippen LogP contribution in [-0.2, 0) is 4.79 Å². The van der Waals surface area contributed by atoms with E-state index in [0.717, 1.165) is 5.46 Å². The second-order valence-corrected chi connectivity index (χ2v) is 2.94. The van der Waals surface area contributed by atoms with Crippen LogP contribution in [0.3, 0.4) is 0 Å². The number of nitrogens with one attached hydrogen (secondary N) is 1. The van der Waals surface area contributed by atoms with Crippen LogP contribution in [0.5, 0.6) is 0 Å². The third-order valence-corrected chi connectivity index (χ3v) is 1.74. The molecule has 1 rings (SSSR count). The van der Waals surface area contributed by atoms with Gasteiger partial charge in [-0.25, -0.2) is 0 Å². The van der Waals surface area contributed by atoms with E-state index in [1.165, 1.54) is 19.1 Å². The number of benzene rings is 1. The minimum atomic E-state index is -0.495. The maximum atomic E-state index is 10.8. The molecule has 0 saturated heterocycles. The molecule has 1 aromatic carbocycles. The number of hydrogen-bond acceptors (Lipinski definition) is 3. The SMILES string of the molecule is Bc1ccc([N+](=O)[O-])cc1NC(C)=O. The first-order valence-electron chi connectivity index (χ1n) is 4.03. The van der Waals surface area contributed by atoms with Gasteiger partial charge in [-0.15, -0.1) is 0 Å². The molecular weight excluding hydrogens is 183 g/mol. The molecule has 0 atom stereocenters. The topological polar surface area (TPSA) is 72.2 Å². The Morgan fingerprint density at radius 3 is 2.71 bits per heavy atom. The molecule has 14 heavy (non-hydrogen) atoms. The molecule has 0 spiro atoms. The van der Waals surface area contributed by atoms with Crippen LogP contribution in [0.25, 0.3) is 0 Å². The minimum absolute atomic E-state index is 0.0284. The van der Waals surface area contributed by atoms with Crippen LogP contribution in [0, 0.1) is 10.1 Å². The standard InChI is InChI=1S/C8H9BN2O3/c1-5(12)10-8-4-6(11(13)14)2-3-7(8)9/h2-4H,9H2,1H3,(H,10,12). The molecule has 0 aromatic heterocycles. The number of amides is 1. The Morgan fingerprint density at radius 1 is 1.57 bits per heavy atom. The largest absolute Gasteiger partial charge is 0.327 e. The number of carbonyl (C=O) groups is 1. The summed E-state index contributed by atoms with van der Waals surface area (Å²) in [6.45, 7) is 1.36. The highest BCUT2D eigenvalue weighted by Crippen LogP contribution is 2.14. The number of carbonyl (C=O) groups excluding carboxylic acids is 1. The molecule has 0 aliphatic rings. The van der Waals surface area contributed by atoms with E-state index in [2.05, 4.69) is 5.32 Å². The van der Waals surface area contributed by atoms with Crippen molar-refractivity contribution in [1.82, 2.24) is 0 Å². The Morgan fingerprint density at radius 2 is 2.21 bits per heavy atom. The molecule has 0 aliphatic heterocycles. The molecule has 0 radical (unpaired) electrons. The zero-order chi connectivity index (χ0) is 10.7. The normalized spacial score (nSPS) is 9.50. The van der Waals surface area contributed by atoms with Gasteiger partial charge in [-0.1, -0.05) is 11.5 Å². The van der Waals surface area contributed by atoms with Crippen molar-refractivity contribution in [3.05, 3.63) is 28.3 Å². The Hall–Kier alpha value is -1.85. The van der Waals surface area contributed by atoms with E-state index >= 15 is 0 Å². The van der Waals surface area contributed by atoms with E-state index in [0.29, 0.717) is 5.69 Å². The molecule has 5 nitrogen and oxygen atoms in total. The lowest BCUT2D eigenvalue weighted by Gasteiger charge is -2.05. The molecule has 0 fully saturated rings. The summed E-state index contributed by atoms with van der Waals surface area (Å²) in [5.74, 6) is -0.242. The van der Waals surface area contributed by atoms with E-state index in [1.54, 1.807) is 13.9 Å². The number of nitrogens with zero attached hydrogens (tertiary/aromatic N) is 1. The Balaban J connectivity index is 3.08. The van der Waals surface area contributed by atoms with Gasteiger partial charge in [-0.3, -0.25) is 14.9 Å². The van der Waals surface area contributed by atoms with Gasteiger partial charge in [0.1, 0.15) is 7.85 Å². The third kappa shape index (κ3) is 2.32. The van der Waals surface area contributed by atoms with E-state index in [-0.39, 0.29) is 11.6 Å². The van der Waals surface area contributed by atoms with Crippen molar-refractivity contribution in [2.75, 3.05) is 5.32 Å². The van der Waals surface area contributed by atoms with Crippen LogP contribution in [0.2, 0.25) is 0 Å². The highest BCUT2D eigenvalue weighted by Gasteiger charge is 2.08. The van der Waals surface area contributed by atoms with Crippen LogP contribution < -0.4 is 10.8 Å². The maximum absolute atomic E-state index is 10.8. The van der Waals surface area contributed by atoms with E-state index in [9.17, 15) is 14.9 Å². The van der Waals surface area contributed by atoms with Crippen molar-refractivity contribution in [3.63, 3.8) is 0 Å². The second kappa shape index (κ2) is 3.91. The molecular formula is C8H9BN2O3. The number of rotatable bonds is 2. The lowest BCUT2D eigenvalue weighted by molar-refractivity contribution is -0.384. The minimum Gasteiger partial charge on any atom is -0.327 e. The van der Waals surface area contributed by atoms with Crippen LogP contribution in [0.15, 0.2) is 18.2 Å². The third-order valence-electron chi connectivity index (χ3n) is 1.74. The summed E-state index contributed by atoms with van der Waals surface area (Å²) in [5, 5.41) is 13.0. The Labute approximate surface area is 81.7 Å². The maximum Gasteiger partial charge on any atom is 0.271 e. The second-order valence-electron chi connectivity index (χ2n) is 2.94. The zero-order valence-corrected chi connectivity index (χ0v) is 7.90. The molecule has 0 unspecified atom stereocenters. The lowest BCUT2D eigenvalue weighted by atomic mass is 9.93. The predicted octanol–water partition coefficient (Wildman–Crippen LogP) is -0.188. The Kier molecular flexibility index (Phi) is 2.86. The van der Waals surface area contributed by atoms with E-state index in [1.807, 2.05) is 0 Å². The van der Waals surface area contributed by atoms with Crippen molar-refractivity contribution in [1.29, 1.82) is 0 Å². The van der Waals surface area contributed by atoms with Crippen LogP contribution in [0.1, 0.15) is 6.92 Å². The zero-order valence-electron chi connectivity index (χ0n) is 7.90. The van der Waals surface area contributed by atoms with Gasteiger partial charge in [-0.2, -0.15) is 0 Å². The molecule has 72 valence electrons. The lowest BCUT2D eigenvalue weighted by Crippen LogP contribution is -2.16. The van der Waals surface area contributed by atoms with Gasteiger partial charge in [0.2, 0.25) is 5.91 Å². The van der Waals surface area contributed by atoms with Gasteiger partial charge in [0, 0.05) is 24.7 Å². The number of hydrogen-bond donors (Lipinski definition) is 1. The average molecular weight is 192 g/mol. The van der Waals surface area contributed by atoms with Gasteiger partial charge < -0.3 is 5.32 Å². The summed E-state index contributed by atoms with van der Waals surface area (Å²) in [4.78, 5) is 20.7. The molecule has 1 aromatic rings. The fourth-order valence-corrected chi connectivity index (χ4v) is 1.05. The predicted molar refractivity (Wildman–Crippen MR) is 55.6 cm³/mol. The van der Waals surface area contributed by atoms with E-state index < -0.39 is 4.92 Å². The van der Waals surface area contributed by atoms with Gasteiger partial charge in [0.25, 0.3) is 5.69 Å². The summed E-state index contributed by atoms with van der Waals surface area (Å²) in [7, 11) is 1.77. The molecule has 1 N–H and O–H groups in total. The van der Waals surface area contributed by atoms with Crippen molar-refractivity contribution in [3.8, 4) is 0 Å². The van der Waals surface area contributed by atoms with Crippen molar-refractivity contribution in [2.45, 2.75) is 6.92 Å². The molecule has 6 heteroatoms. The fraction of sp³-hybridized carbons (Fsp3) is 0.125. The smallest absolute Gasteiger partial charge is 0.271 e.